The number of nitrogens with zero attached hydrogens (tertiary/aromatic N) is 2. The second-order valence-corrected chi connectivity index (χ2v) is 9.04. The van der Waals surface area contributed by atoms with Gasteiger partial charge in [-0.25, -0.2) is 4.39 Å². The van der Waals surface area contributed by atoms with Crippen LogP contribution in [-0.2, 0) is 4.79 Å². The third-order valence-corrected chi connectivity index (χ3v) is 6.90. The van der Waals surface area contributed by atoms with E-state index in [1.54, 1.807) is 18.2 Å². The van der Waals surface area contributed by atoms with Gasteiger partial charge < -0.3 is 9.73 Å². The molecule has 1 aromatic carbocycles. The first-order chi connectivity index (χ1) is 13.0. The number of hydrogen-bond donors (Lipinski definition) is 1. The molecule has 2 aliphatic carbocycles. The number of benzene rings is 1. The smallest absolute Gasteiger partial charge is 0.277 e. The van der Waals surface area contributed by atoms with Crippen molar-refractivity contribution in [2.75, 3.05) is 0 Å². The standard InChI is InChI=1S/C20H24FN3O2S/c1-11(16-10-13-7-8-14(16)9-13)22-18(25)12(2)27-20-24-23-19(26-20)15-5-3-4-6-17(15)21/h3-6,11-14,16H,7-10H2,1-2H3,(H,22,25)/t11-,12-,13-,14-,16-/m0/s1. The van der Waals surface area contributed by atoms with Crippen molar-refractivity contribution >= 4 is 17.7 Å². The van der Waals surface area contributed by atoms with E-state index in [0.717, 1.165) is 11.8 Å². The number of hydrogen-bond acceptors (Lipinski definition) is 5. The zero-order valence-corrected chi connectivity index (χ0v) is 16.3. The normalized spacial score (nSPS) is 26.1. The monoisotopic (exact) mass is 389 g/mol. The molecule has 2 fully saturated rings. The summed E-state index contributed by atoms with van der Waals surface area (Å²) in [5.41, 5.74) is 0.263. The highest BCUT2D eigenvalue weighted by Crippen LogP contribution is 2.49. The lowest BCUT2D eigenvalue weighted by Crippen LogP contribution is -2.43. The number of aromatic nitrogens is 2. The van der Waals surface area contributed by atoms with Gasteiger partial charge in [-0.2, -0.15) is 0 Å². The highest BCUT2D eigenvalue weighted by Gasteiger charge is 2.42. The van der Waals surface area contributed by atoms with Crippen molar-refractivity contribution in [1.29, 1.82) is 0 Å². The molecule has 1 N–H and O–H groups in total. The summed E-state index contributed by atoms with van der Waals surface area (Å²) in [5, 5.41) is 10.9. The predicted molar refractivity (Wildman–Crippen MR) is 102 cm³/mol. The Morgan fingerprint density at radius 3 is 2.78 bits per heavy atom. The zero-order valence-electron chi connectivity index (χ0n) is 15.5. The van der Waals surface area contributed by atoms with E-state index in [1.807, 2.05) is 6.92 Å². The van der Waals surface area contributed by atoms with Crippen LogP contribution in [0.1, 0.15) is 39.5 Å². The molecule has 2 saturated carbocycles. The molecule has 2 bridgehead atoms. The van der Waals surface area contributed by atoms with Gasteiger partial charge in [-0.05, 0) is 63.0 Å². The molecule has 7 heteroatoms. The first-order valence-corrected chi connectivity index (χ1v) is 10.4. The van der Waals surface area contributed by atoms with Crippen LogP contribution in [0.5, 0.6) is 0 Å². The molecule has 2 aromatic rings. The molecular weight excluding hydrogens is 365 g/mol. The molecule has 144 valence electrons. The Morgan fingerprint density at radius 1 is 1.26 bits per heavy atom. The Kier molecular flexibility index (Phi) is 5.21. The summed E-state index contributed by atoms with van der Waals surface area (Å²) < 4.78 is 19.4. The minimum absolute atomic E-state index is 0.0269. The van der Waals surface area contributed by atoms with E-state index in [1.165, 1.54) is 43.5 Å². The molecule has 0 saturated heterocycles. The van der Waals surface area contributed by atoms with Gasteiger partial charge in [0.25, 0.3) is 11.1 Å². The first-order valence-electron chi connectivity index (χ1n) is 9.56. The van der Waals surface area contributed by atoms with Crippen LogP contribution in [0.2, 0.25) is 0 Å². The van der Waals surface area contributed by atoms with Crippen molar-refractivity contribution in [2.24, 2.45) is 17.8 Å². The fraction of sp³-hybridized carbons (Fsp3) is 0.550. The van der Waals surface area contributed by atoms with Gasteiger partial charge in [-0.1, -0.05) is 30.3 Å². The molecule has 0 spiro atoms. The third-order valence-electron chi connectivity index (χ3n) is 5.96. The average Bonchev–Trinajstić information content (AvgIpc) is 3.38. The summed E-state index contributed by atoms with van der Waals surface area (Å²) in [6, 6.07) is 6.44. The van der Waals surface area contributed by atoms with Gasteiger partial charge in [0.15, 0.2) is 0 Å². The van der Waals surface area contributed by atoms with Crippen LogP contribution in [0.15, 0.2) is 33.9 Å². The van der Waals surface area contributed by atoms with Crippen LogP contribution < -0.4 is 5.32 Å². The van der Waals surface area contributed by atoms with Gasteiger partial charge in [0.2, 0.25) is 5.91 Å². The van der Waals surface area contributed by atoms with E-state index in [4.69, 9.17) is 4.42 Å². The lowest BCUT2D eigenvalue weighted by Gasteiger charge is -2.29. The molecule has 1 amide bonds. The maximum Gasteiger partial charge on any atom is 0.277 e. The number of nitrogens with one attached hydrogen (secondary N) is 1. The average molecular weight is 389 g/mol. The van der Waals surface area contributed by atoms with Crippen molar-refractivity contribution in [2.45, 2.75) is 56.0 Å². The number of fused-ring (bicyclic) bond motifs is 2. The second-order valence-electron chi connectivity index (χ2n) is 7.75. The Bertz CT molecular complexity index is 827. The number of amides is 1. The van der Waals surface area contributed by atoms with Crippen molar-refractivity contribution < 1.29 is 13.6 Å². The minimum Gasteiger partial charge on any atom is -0.411 e. The van der Waals surface area contributed by atoms with Crippen LogP contribution in [0, 0.1) is 23.6 Å². The Morgan fingerprint density at radius 2 is 2.07 bits per heavy atom. The summed E-state index contributed by atoms with van der Waals surface area (Å²) in [6.07, 6.45) is 5.23. The second kappa shape index (κ2) is 7.62. The van der Waals surface area contributed by atoms with Gasteiger partial charge in [0, 0.05) is 6.04 Å². The SMILES string of the molecule is C[C@H](Sc1nnc(-c2ccccc2F)o1)C(=O)N[C@@H](C)[C@@H]1C[C@H]2CC[C@H]1C2. The number of carbonyl (C=O) groups is 1. The summed E-state index contributed by atoms with van der Waals surface area (Å²) in [4.78, 5) is 12.6. The molecule has 0 aliphatic heterocycles. The van der Waals surface area contributed by atoms with Gasteiger partial charge in [0.1, 0.15) is 5.82 Å². The van der Waals surface area contributed by atoms with Gasteiger partial charge in [-0.15, -0.1) is 10.2 Å². The largest absolute Gasteiger partial charge is 0.411 e. The molecule has 5 atom stereocenters. The molecular formula is C20H24FN3O2S. The predicted octanol–water partition coefficient (Wildman–Crippen LogP) is 4.30. The number of rotatable bonds is 6. The van der Waals surface area contributed by atoms with Crippen LogP contribution in [-0.4, -0.2) is 27.4 Å². The summed E-state index contributed by atoms with van der Waals surface area (Å²) in [7, 11) is 0. The molecule has 1 heterocycles. The lowest BCUT2D eigenvalue weighted by molar-refractivity contribution is -0.121. The lowest BCUT2D eigenvalue weighted by atomic mass is 9.84. The maximum absolute atomic E-state index is 13.8. The summed E-state index contributed by atoms with van der Waals surface area (Å²) in [6.45, 7) is 3.93. The Labute approximate surface area is 162 Å². The highest BCUT2D eigenvalue weighted by atomic mass is 32.2. The third kappa shape index (κ3) is 3.88. The van der Waals surface area contributed by atoms with Crippen molar-refractivity contribution in [3.8, 4) is 11.5 Å². The number of carbonyl (C=O) groups excluding carboxylic acids is 1. The van der Waals surface area contributed by atoms with E-state index in [9.17, 15) is 9.18 Å². The Hall–Kier alpha value is -1.89. The van der Waals surface area contributed by atoms with Gasteiger partial charge >= 0.3 is 0 Å². The van der Waals surface area contributed by atoms with E-state index < -0.39 is 5.82 Å². The van der Waals surface area contributed by atoms with Crippen molar-refractivity contribution in [1.82, 2.24) is 15.5 Å². The number of thioether (sulfide) groups is 1. The fourth-order valence-electron chi connectivity index (χ4n) is 4.56. The quantitative estimate of drug-likeness (QED) is 0.746. The molecule has 27 heavy (non-hydrogen) atoms. The van der Waals surface area contributed by atoms with E-state index in [0.29, 0.717) is 5.92 Å². The minimum atomic E-state index is -0.414. The summed E-state index contributed by atoms with van der Waals surface area (Å²) >= 11 is 1.20. The van der Waals surface area contributed by atoms with Crippen LogP contribution in [0.25, 0.3) is 11.5 Å². The molecule has 1 aromatic heterocycles. The van der Waals surface area contributed by atoms with Crippen LogP contribution in [0.3, 0.4) is 0 Å². The zero-order chi connectivity index (χ0) is 19.0. The van der Waals surface area contributed by atoms with E-state index in [-0.39, 0.29) is 33.9 Å². The van der Waals surface area contributed by atoms with Crippen molar-refractivity contribution in [3.63, 3.8) is 0 Å². The summed E-state index contributed by atoms with van der Waals surface area (Å²) in [5.74, 6) is 1.91. The fourth-order valence-corrected chi connectivity index (χ4v) is 5.25. The molecule has 2 aliphatic rings. The molecule has 0 radical (unpaired) electrons. The Balaban J connectivity index is 1.34. The van der Waals surface area contributed by atoms with E-state index >= 15 is 0 Å². The van der Waals surface area contributed by atoms with Crippen LogP contribution >= 0.6 is 11.8 Å². The number of halogens is 1. The van der Waals surface area contributed by atoms with Crippen molar-refractivity contribution in [3.05, 3.63) is 30.1 Å². The molecule has 4 rings (SSSR count). The highest BCUT2D eigenvalue weighted by molar-refractivity contribution is 8.00. The topological polar surface area (TPSA) is 68.0 Å². The maximum atomic E-state index is 13.8. The molecule has 0 unspecified atom stereocenters. The van der Waals surface area contributed by atoms with E-state index in [2.05, 4.69) is 22.4 Å². The molecule has 5 nitrogen and oxygen atoms in total. The van der Waals surface area contributed by atoms with Gasteiger partial charge in [0.05, 0.1) is 10.8 Å². The van der Waals surface area contributed by atoms with Crippen LogP contribution in [0.4, 0.5) is 4.39 Å². The van der Waals surface area contributed by atoms with Gasteiger partial charge in [-0.3, -0.25) is 4.79 Å². The first kappa shape index (κ1) is 18.5.